The second-order valence-corrected chi connectivity index (χ2v) is 4.37. The molecule has 2 nitrogen and oxygen atoms in total. The highest BCUT2D eigenvalue weighted by molar-refractivity contribution is 7.25. The van der Waals surface area contributed by atoms with Gasteiger partial charge in [-0.15, -0.1) is 11.3 Å². The van der Waals surface area contributed by atoms with Crippen LogP contribution in [0.5, 0.6) is 0 Å². The summed E-state index contributed by atoms with van der Waals surface area (Å²) in [5.74, 6) is 0. The predicted molar refractivity (Wildman–Crippen MR) is 59.9 cm³/mol. The Morgan fingerprint density at radius 1 is 1.14 bits per heavy atom. The molecule has 0 bridgehead atoms. The Morgan fingerprint density at radius 2 is 2.00 bits per heavy atom. The summed E-state index contributed by atoms with van der Waals surface area (Å²) in [7, 11) is 0. The smallest absolute Gasteiger partial charge is 0.222 e. The summed E-state index contributed by atoms with van der Waals surface area (Å²) in [6.07, 6.45) is 1.77. The molecule has 0 aliphatic heterocycles. The molecule has 0 unspecified atom stereocenters. The molecule has 3 aromatic rings. The molecule has 14 heavy (non-hydrogen) atoms. The lowest BCUT2D eigenvalue weighted by atomic mass is 10.2. The monoisotopic (exact) mass is 220 g/mol. The standard InChI is InChI=1S/C10H5ClN2S/c11-10-12-5-8-9(13-10)6-3-1-2-4-7(6)14-8/h1-5H. The average Bonchev–Trinajstić information content (AvgIpc) is 2.56. The highest BCUT2D eigenvalue weighted by atomic mass is 35.5. The van der Waals surface area contributed by atoms with Crippen molar-refractivity contribution in [3.63, 3.8) is 0 Å². The van der Waals surface area contributed by atoms with Crippen molar-refractivity contribution in [1.29, 1.82) is 0 Å². The molecule has 0 fully saturated rings. The number of rotatable bonds is 0. The van der Waals surface area contributed by atoms with E-state index in [0.717, 1.165) is 15.6 Å². The molecule has 4 heteroatoms. The minimum absolute atomic E-state index is 0.307. The number of fused-ring (bicyclic) bond motifs is 3. The molecule has 68 valence electrons. The third-order valence-corrected chi connectivity index (χ3v) is 3.36. The van der Waals surface area contributed by atoms with Crippen LogP contribution in [0.2, 0.25) is 5.28 Å². The summed E-state index contributed by atoms with van der Waals surface area (Å²) in [6.45, 7) is 0. The van der Waals surface area contributed by atoms with Crippen LogP contribution in [0.15, 0.2) is 30.5 Å². The minimum atomic E-state index is 0.307. The fraction of sp³-hybridized carbons (Fsp3) is 0. The predicted octanol–water partition coefficient (Wildman–Crippen LogP) is 3.50. The van der Waals surface area contributed by atoms with E-state index in [0.29, 0.717) is 5.28 Å². The molecule has 0 aliphatic rings. The van der Waals surface area contributed by atoms with E-state index in [1.807, 2.05) is 12.1 Å². The van der Waals surface area contributed by atoms with Gasteiger partial charge in [-0.2, -0.15) is 0 Å². The van der Waals surface area contributed by atoms with Gasteiger partial charge < -0.3 is 0 Å². The molecule has 0 N–H and O–H groups in total. The second kappa shape index (κ2) is 2.90. The zero-order valence-electron chi connectivity index (χ0n) is 7.07. The molecule has 2 heterocycles. The topological polar surface area (TPSA) is 25.8 Å². The van der Waals surface area contributed by atoms with Crippen molar-refractivity contribution in [2.45, 2.75) is 0 Å². The van der Waals surface area contributed by atoms with E-state index >= 15 is 0 Å². The van der Waals surface area contributed by atoms with Crippen LogP contribution in [0, 0.1) is 0 Å². The molecule has 0 saturated heterocycles. The molecule has 0 radical (unpaired) electrons. The van der Waals surface area contributed by atoms with Gasteiger partial charge in [-0.1, -0.05) is 18.2 Å². The van der Waals surface area contributed by atoms with Gasteiger partial charge in [0.05, 0.1) is 10.2 Å². The molecule has 0 atom stereocenters. The van der Waals surface area contributed by atoms with Crippen molar-refractivity contribution in [3.05, 3.63) is 35.7 Å². The molecule has 0 aliphatic carbocycles. The maximum Gasteiger partial charge on any atom is 0.222 e. The average molecular weight is 221 g/mol. The zero-order chi connectivity index (χ0) is 9.54. The summed E-state index contributed by atoms with van der Waals surface area (Å²) < 4.78 is 2.30. The van der Waals surface area contributed by atoms with Gasteiger partial charge in [0.25, 0.3) is 0 Å². The Morgan fingerprint density at radius 3 is 2.93 bits per heavy atom. The Kier molecular flexibility index (Phi) is 1.69. The fourth-order valence-electron chi connectivity index (χ4n) is 1.49. The normalized spacial score (nSPS) is 11.2. The third-order valence-electron chi connectivity index (χ3n) is 2.09. The van der Waals surface area contributed by atoms with Crippen LogP contribution in [0.3, 0.4) is 0 Å². The van der Waals surface area contributed by atoms with E-state index in [2.05, 4.69) is 22.1 Å². The molecular formula is C10H5ClN2S. The van der Waals surface area contributed by atoms with E-state index < -0.39 is 0 Å². The number of aromatic nitrogens is 2. The molecule has 0 saturated carbocycles. The van der Waals surface area contributed by atoms with Gasteiger partial charge >= 0.3 is 0 Å². The fourth-order valence-corrected chi connectivity index (χ4v) is 2.64. The Bertz CT molecular complexity index is 618. The summed E-state index contributed by atoms with van der Waals surface area (Å²) in [4.78, 5) is 8.20. The van der Waals surface area contributed by atoms with Crippen molar-refractivity contribution in [2.24, 2.45) is 0 Å². The van der Waals surface area contributed by atoms with Crippen LogP contribution in [0.25, 0.3) is 20.3 Å². The van der Waals surface area contributed by atoms with Gasteiger partial charge in [-0.25, -0.2) is 9.97 Å². The second-order valence-electron chi connectivity index (χ2n) is 2.95. The number of thiophene rings is 1. The summed E-state index contributed by atoms with van der Waals surface area (Å²) in [5, 5.41) is 1.46. The highest BCUT2D eigenvalue weighted by Crippen LogP contribution is 2.31. The van der Waals surface area contributed by atoms with E-state index in [1.54, 1.807) is 17.5 Å². The van der Waals surface area contributed by atoms with Crippen LogP contribution in [-0.2, 0) is 0 Å². The van der Waals surface area contributed by atoms with Gasteiger partial charge in [-0.3, -0.25) is 0 Å². The Labute approximate surface area is 89.2 Å². The molecule has 1 aromatic carbocycles. The van der Waals surface area contributed by atoms with Crippen LogP contribution in [-0.4, -0.2) is 9.97 Å². The van der Waals surface area contributed by atoms with E-state index in [-0.39, 0.29) is 0 Å². The lowest BCUT2D eigenvalue weighted by molar-refractivity contribution is 1.23. The number of hydrogen-bond donors (Lipinski definition) is 0. The van der Waals surface area contributed by atoms with Crippen molar-refractivity contribution in [3.8, 4) is 0 Å². The lowest BCUT2D eigenvalue weighted by Gasteiger charge is -1.89. The Balaban J connectivity index is 2.58. The molecule has 0 spiro atoms. The number of hydrogen-bond acceptors (Lipinski definition) is 3. The van der Waals surface area contributed by atoms with E-state index in [4.69, 9.17) is 11.6 Å². The zero-order valence-corrected chi connectivity index (χ0v) is 8.64. The maximum atomic E-state index is 5.76. The van der Waals surface area contributed by atoms with Crippen LogP contribution < -0.4 is 0 Å². The number of halogens is 1. The summed E-state index contributed by atoms with van der Waals surface area (Å²) in [5.41, 5.74) is 0.950. The third kappa shape index (κ3) is 1.10. The molecule has 3 rings (SSSR count). The molecule has 2 aromatic heterocycles. The maximum absolute atomic E-state index is 5.76. The molecular weight excluding hydrogens is 216 g/mol. The first-order chi connectivity index (χ1) is 6.84. The van der Waals surface area contributed by atoms with Crippen molar-refractivity contribution in [2.75, 3.05) is 0 Å². The minimum Gasteiger partial charge on any atom is -0.225 e. The first kappa shape index (κ1) is 8.15. The first-order valence-corrected chi connectivity index (χ1v) is 5.34. The lowest BCUT2D eigenvalue weighted by Crippen LogP contribution is -1.79. The largest absolute Gasteiger partial charge is 0.225 e. The van der Waals surface area contributed by atoms with Crippen molar-refractivity contribution >= 4 is 43.2 Å². The van der Waals surface area contributed by atoms with Gasteiger partial charge in [0.2, 0.25) is 5.28 Å². The first-order valence-electron chi connectivity index (χ1n) is 4.14. The quantitative estimate of drug-likeness (QED) is 0.542. The summed E-state index contributed by atoms with van der Waals surface area (Å²) in [6, 6.07) is 8.16. The van der Waals surface area contributed by atoms with Crippen LogP contribution >= 0.6 is 22.9 Å². The van der Waals surface area contributed by atoms with Gasteiger partial charge in [0.1, 0.15) is 0 Å². The van der Waals surface area contributed by atoms with Crippen LogP contribution in [0.1, 0.15) is 0 Å². The van der Waals surface area contributed by atoms with Gasteiger partial charge in [-0.05, 0) is 17.7 Å². The van der Waals surface area contributed by atoms with E-state index in [1.165, 1.54) is 4.70 Å². The summed E-state index contributed by atoms with van der Waals surface area (Å²) >= 11 is 7.45. The van der Waals surface area contributed by atoms with Crippen LogP contribution in [0.4, 0.5) is 0 Å². The SMILES string of the molecule is Clc1ncc2sc3ccccc3c2n1. The number of benzene rings is 1. The number of nitrogens with zero attached hydrogens (tertiary/aromatic N) is 2. The molecule has 0 amide bonds. The van der Waals surface area contributed by atoms with Crippen molar-refractivity contribution in [1.82, 2.24) is 9.97 Å². The van der Waals surface area contributed by atoms with Gasteiger partial charge in [0.15, 0.2) is 0 Å². The van der Waals surface area contributed by atoms with E-state index in [9.17, 15) is 0 Å². The highest BCUT2D eigenvalue weighted by Gasteiger charge is 2.05. The van der Waals surface area contributed by atoms with Crippen molar-refractivity contribution < 1.29 is 0 Å². The Hall–Kier alpha value is -1.19. The van der Waals surface area contributed by atoms with Gasteiger partial charge in [0, 0.05) is 16.3 Å².